The molecule has 7 heteroatoms. The number of Topliss-reactive ketones (excluding diaryl/α,β-unsaturated/α-hetero) is 1. The van der Waals surface area contributed by atoms with Crippen molar-refractivity contribution in [1.29, 1.82) is 0 Å². The maximum Gasteiger partial charge on any atom is 0.295 e. The summed E-state index contributed by atoms with van der Waals surface area (Å²) in [6, 6.07) is 13.4. The highest BCUT2D eigenvalue weighted by atomic mass is 16.5. The number of methoxy groups -OCH3 is 1. The van der Waals surface area contributed by atoms with Crippen molar-refractivity contribution in [3.05, 3.63) is 70.8 Å². The highest BCUT2D eigenvalue weighted by Gasteiger charge is 2.45. The molecule has 1 heterocycles. The number of carbonyl (C=O) groups excluding carboxylic acids is 2. The predicted molar refractivity (Wildman–Crippen MR) is 111 cm³/mol. The second-order valence-corrected chi connectivity index (χ2v) is 6.97. The van der Waals surface area contributed by atoms with Gasteiger partial charge in [0.15, 0.2) is 0 Å². The number of nitrogens with zero attached hydrogens (tertiary/aromatic N) is 1. The van der Waals surface area contributed by atoms with Gasteiger partial charge in [-0.3, -0.25) is 9.59 Å². The first-order chi connectivity index (χ1) is 14.5. The zero-order chi connectivity index (χ0) is 21.7. The topological polar surface area (TPSA) is 96.3 Å². The van der Waals surface area contributed by atoms with E-state index in [0.717, 1.165) is 11.1 Å². The molecule has 0 aliphatic carbocycles. The largest absolute Gasteiger partial charge is 0.507 e. The van der Waals surface area contributed by atoms with E-state index >= 15 is 0 Å². The predicted octanol–water partition coefficient (Wildman–Crippen LogP) is 2.43. The van der Waals surface area contributed by atoms with Crippen molar-refractivity contribution in [1.82, 2.24) is 4.90 Å². The Morgan fingerprint density at radius 3 is 2.30 bits per heavy atom. The van der Waals surface area contributed by atoms with Crippen LogP contribution in [0, 0.1) is 6.92 Å². The van der Waals surface area contributed by atoms with Crippen molar-refractivity contribution in [3.63, 3.8) is 0 Å². The molecule has 0 bridgehead atoms. The number of ether oxygens (including phenoxy) is 2. The summed E-state index contributed by atoms with van der Waals surface area (Å²) in [5, 5.41) is 19.8. The molecule has 7 nitrogen and oxygen atoms in total. The van der Waals surface area contributed by atoms with Gasteiger partial charge >= 0.3 is 0 Å². The van der Waals surface area contributed by atoms with Gasteiger partial charge in [0.2, 0.25) is 0 Å². The van der Waals surface area contributed by atoms with Gasteiger partial charge < -0.3 is 24.6 Å². The monoisotopic (exact) mass is 411 g/mol. The highest BCUT2D eigenvalue weighted by molar-refractivity contribution is 6.46. The summed E-state index contributed by atoms with van der Waals surface area (Å²) in [5.41, 5.74) is 2.22. The summed E-state index contributed by atoms with van der Waals surface area (Å²) in [7, 11) is 1.54. The number of aliphatic hydroxyl groups excluding tert-OH is 2. The van der Waals surface area contributed by atoms with Crippen LogP contribution in [0.1, 0.15) is 22.7 Å². The normalized spacial score (nSPS) is 18.1. The van der Waals surface area contributed by atoms with Crippen LogP contribution in [0.25, 0.3) is 5.76 Å². The Kier molecular flexibility index (Phi) is 6.87. The van der Waals surface area contributed by atoms with E-state index in [2.05, 4.69) is 0 Å². The van der Waals surface area contributed by atoms with Gasteiger partial charge in [-0.15, -0.1) is 0 Å². The average molecular weight is 411 g/mol. The summed E-state index contributed by atoms with van der Waals surface area (Å²) in [5.74, 6) is -1.05. The lowest BCUT2D eigenvalue weighted by Gasteiger charge is -2.25. The number of hydrogen-bond donors (Lipinski definition) is 2. The van der Waals surface area contributed by atoms with Gasteiger partial charge in [-0.25, -0.2) is 0 Å². The van der Waals surface area contributed by atoms with E-state index in [4.69, 9.17) is 14.6 Å². The minimum atomic E-state index is -0.740. The van der Waals surface area contributed by atoms with Gasteiger partial charge in [0.1, 0.15) is 11.5 Å². The summed E-state index contributed by atoms with van der Waals surface area (Å²) >= 11 is 0. The lowest BCUT2D eigenvalue weighted by Crippen LogP contribution is -2.33. The average Bonchev–Trinajstić information content (AvgIpc) is 3.01. The number of likely N-dealkylation sites (tertiary alicyclic amines) is 1. The summed E-state index contributed by atoms with van der Waals surface area (Å²) in [6.45, 7) is 2.28. The zero-order valence-electron chi connectivity index (χ0n) is 17.0. The second-order valence-electron chi connectivity index (χ2n) is 6.97. The molecule has 1 aliphatic heterocycles. The van der Waals surface area contributed by atoms with Gasteiger partial charge in [0.25, 0.3) is 11.7 Å². The van der Waals surface area contributed by atoms with Crippen LogP contribution in [0.4, 0.5) is 0 Å². The number of hydrogen-bond acceptors (Lipinski definition) is 6. The van der Waals surface area contributed by atoms with E-state index in [0.29, 0.717) is 11.3 Å². The Balaban J connectivity index is 2.04. The summed E-state index contributed by atoms with van der Waals surface area (Å²) in [6.07, 6.45) is 0. The van der Waals surface area contributed by atoms with E-state index in [9.17, 15) is 14.7 Å². The van der Waals surface area contributed by atoms with Gasteiger partial charge in [-0.2, -0.15) is 0 Å². The lowest BCUT2D eigenvalue weighted by atomic mass is 9.94. The van der Waals surface area contributed by atoms with Gasteiger partial charge in [-0.05, 0) is 36.8 Å². The number of ketones is 1. The Labute approximate surface area is 175 Å². The molecule has 1 fully saturated rings. The number of amides is 1. The molecule has 0 aromatic heterocycles. The molecule has 2 N–H and O–H groups in total. The van der Waals surface area contributed by atoms with Crippen LogP contribution in [0.2, 0.25) is 0 Å². The number of aryl methyl sites for hydroxylation is 1. The van der Waals surface area contributed by atoms with E-state index in [1.165, 1.54) is 12.0 Å². The van der Waals surface area contributed by atoms with E-state index < -0.39 is 17.7 Å². The van der Waals surface area contributed by atoms with Crippen molar-refractivity contribution in [2.24, 2.45) is 0 Å². The fourth-order valence-corrected chi connectivity index (χ4v) is 3.44. The van der Waals surface area contributed by atoms with Crippen LogP contribution in [-0.4, -0.2) is 60.3 Å². The van der Waals surface area contributed by atoms with E-state index in [1.807, 2.05) is 31.2 Å². The zero-order valence-corrected chi connectivity index (χ0v) is 17.0. The number of rotatable bonds is 8. The van der Waals surface area contributed by atoms with E-state index in [1.54, 1.807) is 24.3 Å². The second kappa shape index (κ2) is 9.56. The Bertz CT molecular complexity index is 933. The molecule has 2 aromatic carbocycles. The van der Waals surface area contributed by atoms with Crippen LogP contribution in [0.3, 0.4) is 0 Å². The SMILES string of the molecule is COc1ccc(/C(O)=C2\C(=O)C(=O)N(CCOCCO)C2c2ccc(C)cc2)cc1. The molecule has 0 saturated carbocycles. The molecule has 0 spiro atoms. The molecule has 1 saturated heterocycles. The van der Waals surface area contributed by atoms with Crippen LogP contribution >= 0.6 is 0 Å². The molecule has 1 aliphatic rings. The maximum absolute atomic E-state index is 12.9. The molecule has 1 unspecified atom stereocenters. The van der Waals surface area contributed by atoms with Crippen molar-refractivity contribution < 1.29 is 29.3 Å². The first-order valence-electron chi connectivity index (χ1n) is 9.66. The van der Waals surface area contributed by atoms with Crippen molar-refractivity contribution >= 4 is 17.4 Å². The molecule has 158 valence electrons. The Morgan fingerprint density at radius 1 is 1.03 bits per heavy atom. The molecule has 1 atom stereocenters. The highest BCUT2D eigenvalue weighted by Crippen LogP contribution is 2.39. The van der Waals surface area contributed by atoms with Crippen molar-refractivity contribution in [2.75, 3.05) is 33.5 Å². The molecular weight excluding hydrogens is 386 g/mol. The van der Waals surface area contributed by atoms with Crippen LogP contribution in [0.15, 0.2) is 54.1 Å². The third kappa shape index (κ3) is 4.37. The fraction of sp³-hybridized carbons (Fsp3) is 0.304. The maximum atomic E-state index is 12.9. The standard InChI is InChI=1S/C23H25NO6/c1-15-3-5-16(6-4-15)20-19(21(26)17-7-9-18(29-2)10-8-17)22(27)23(28)24(20)11-13-30-14-12-25/h3-10,20,25-26H,11-14H2,1-2H3/b21-19+. The lowest BCUT2D eigenvalue weighted by molar-refractivity contribution is -0.140. The third-order valence-corrected chi connectivity index (χ3v) is 5.01. The number of aliphatic hydroxyl groups is 2. The van der Waals surface area contributed by atoms with Crippen molar-refractivity contribution in [2.45, 2.75) is 13.0 Å². The summed E-state index contributed by atoms with van der Waals surface area (Å²) in [4.78, 5) is 27.1. The third-order valence-electron chi connectivity index (χ3n) is 5.01. The summed E-state index contributed by atoms with van der Waals surface area (Å²) < 4.78 is 10.4. The minimum absolute atomic E-state index is 0.0381. The first-order valence-corrected chi connectivity index (χ1v) is 9.66. The molecular formula is C23H25NO6. The quantitative estimate of drug-likeness (QED) is 0.300. The number of benzene rings is 2. The van der Waals surface area contributed by atoms with Crippen LogP contribution in [0.5, 0.6) is 5.75 Å². The van der Waals surface area contributed by atoms with Gasteiger partial charge in [0.05, 0.1) is 38.5 Å². The fourth-order valence-electron chi connectivity index (χ4n) is 3.44. The van der Waals surface area contributed by atoms with Gasteiger partial charge in [0, 0.05) is 12.1 Å². The molecule has 2 aromatic rings. The van der Waals surface area contributed by atoms with Gasteiger partial charge in [-0.1, -0.05) is 29.8 Å². The minimum Gasteiger partial charge on any atom is -0.507 e. The Hall–Kier alpha value is -3.16. The molecule has 30 heavy (non-hydrogen) atoms. The first kappa shape index (κ1) is 21.5. The van der Waals surface area contributed by atoms with Crippen molar-refractivity contribution in [3.8, 4) is 5.75 Å². The van der Waals surface area contributed by atoms with Crippen LogP contribution < -0.4 is 4.74 Å². The molecule has 0 radical (unpaired) electrons. The Morgan fingerprint density at radius 2 is 1.70 bits per heavy atom. The number of carbonyl (C=O) groups is 2. The molecule has 3 rings (SSSR count). The van der Waals surface area contributed by atoms with E-state index in [-0.39, 0.29) is 37.7 Å². The smallest absolute Gasteiger partial charge is 0.295 e. The van der Waals surface area contributed by atoms with Crippen LogP contribution in [-0.2, 0) is 14.3 Å². The molecule has 1 amide bonds.